The molecule has 0 saturated heterocycles. The van der Waals surface area contributed by atoms with Crippen molar-refractivity contribution in [3.8, 4) is 5.69 Å². The van der Waals surface area contributed by atoms with Crippen molar-refractivity contribution in [1.82, 2.24) is 9.78 Å². The largest absolute Gasteiger partial charge is 0.345 e. The van der Waals surface area contributed by atoms with E-state index in [0.29, 0.717) is 16.7 Å². The first kappa shape index (κ1) is 25.4. The summed E-state index contributed by atoms with van der Waals surface area (Å²) in [4.78, 5) is 30.0. The summed E-state index contributed by atoms with van der Waals surface area (Å²) in [7, 11) is 0. The van der Waals surface area contributed by atoms with Gasteiger partial charge in [0.15, 0.2) is 0 Å². The van der Waals surface area contributed by atoms with Crippen LogP contribution in [0, 0.1) is 45.4 Å². The first-order valence-electron chi connectivity index (χ1n) is 13.7. The normalized spacial score (nSPS) is 25.9. The van der Waals surface area contributed by atoms with Gasteiger partial charge in [-0.1, -0.05) is 28.1 Å². The Morgan fingerprint density at radius 3 is 2.32 bits per heavy atom. The van der Waals surface area contributed by atoms with E-state index in [-0.39, 0.29) is 5.56 Å². The van der Waals surface area contributed by atoms with Gasteiger partial charge in [0.2, 0.25) is 0 Å². The molecular weight excluding hydrogens is 540 g/mol. The van der Waals surface area contributed by atoms with Gasteiger partial charge in [-0.3, -0.25) is 9.89 Å². The summed E-state index contributed by atoms with van der Waals surface area (Å²) < 4.78 is 2.51. The molecule has 0 spiro atoms. The molecule has 2 aromatic carbocycles. The quantitative estimate of drug-likeness (QED) is 0.321. The highest BCUT2D eigenvalue weighted by molar-refractivity contribution is 9.10. The third-order valence-corrected chi connectivity index (χ3v) is 10.3. The van der Waals surface area contributed by atoms with Crippen molar-refractivity contribution in [3.63, 3.8) is 0 Å². The summed E-state index contributed by atoms with van der Waals surface area (Å²) >= 11 is 3.54. The Morgan fingerprint density at radius 1 is 1.03 bits per heavy atom. The topological polar surface area (TPSA) is 79.2 Å². The molecule has 0 aliphatic heterocycles. The predicted molar refractivity (Wildman–Crippen MR) is 156 cm³/mol. The van der Waals surface area contributed by atoms with Crippen LogP contribution in [0.5, 0.6) is 0 Å². The van der Waals surface area contributed by atoms with Gasteiger partial charge < -0.3 is 5.32 Å². The number of carbonyl (C=O) groups excluding carboxylic acids is 1. The Labute approximate surface area is 232 Å². The Morgan fingerprint density at radius 2 is 1.68 bits per heavy atom. The third-order valence-electron chi connectivity index (χ3n) is 9.48. The molecule has 4 fully saturated rings. The predicted octanol–water partition coefficient (Wildman–Crippen LogP) is 7.28. The lowest BCUT2D eigenvalue weighted by Gasteiger charge is -2.57. The van der Waals surface area contributed by atoms with Crippen LogP contribution in [0.3, 0.4) is 0 Å². The molecule has 1 heterocycles. The first-order chi connectivity index (χ1) is 18.1. The minimum atomic E-state index is -0.488. The van der Waals surface area contributed by atoms with Crippen molar-refractivity contribution in [2.45, 2.75) is 71.6 Å². The van der Waals surface area contributed by atoms with Gasteiger partial charge in [-0.15, -0.1) is 0 Å². The Bertz CT molecular complexity index is 1490. The SMILES string of the molecule is Cc1cc(C23CC4CC(CC(C4)C2)C3)ccc1NC(=O)N=Cc1c(C)[nH]n(-c2ccc(Br)c(C)c2C)c1=O. The third kappa shape index (κ3) is 4.29. The molecule has 0 radical (unpaired) electrons. The van der Waals surface area contributed by atoms with Crippen molar-refractivity contribution in [1.29, 1.82) is 0 Å². The number of H-pyrrole nitrogens is 1. The molecule has 198 valence electrons. The number of carbonyl (C=O) groups is 1. The van der Waals surface area contributed by atoms with Gasteiger partial charge >= 0.3 is 6.03 Å². The van der Waals surface area contributed by atoms with Gasteiger partial charge in [0.05, 0.1) is 11.3 Å². The summed E-state index contributed by atoms with van der Waals surface area (Å²) in [5.74, 6) is 2.69. The number of aliphatic imine (C=N–C) groups is 1. The molecule has 4 aliphatic rings. The number of rotatable bonds is 4. The van der Waals surface area contributed by atoms with Crippen LogP contribution < -0.4 is 10.9 Å². The van der Waals surface area contributed by atoms with E-state index in [0.717, 1.165) is 50.3 Å². The molecule has 2 amide bonds. The van der Waals surface area contributed by atoms with Crippen LogP contribution >= 0.6 is 15.9 Å². The van der Waals surface area contributed by atoms with Crippen LogP contribution in [-0.4, -0.2) is 22.0 Å². The summed E-state index contributed by atoms with van der Waals surface area (Å²) in [6.45, 7) is 7.86. The van der Waals surface area contributed by atoms with Gasteiger partial charge in [-0.05, 0) is 130 Å². The fourth-order valence-electron chi connectivity index (χ4n) is 7.77. The van der Waals surface area contributed by atoms with E-state index in [9.17, 15) is 9.59 Å². The fraction of sp³-hybridized carbons (Fsp3) is 0.452. The second-order valence-electron chi connectivity index (χ2n) is 12.0. The zero-order valence-electron chi connectivity index (χ0n) is 22.5. The molecule has 0 unspecified atom stereocenters. The van der Waals surface area contributed by atoms with Crippen LogP contribution in [0.25, 0.3) is 5.69 Å². The average molecular weight is 576 g/mol. The van der Waals surface area contributed by atoms with E-state index >= 15 is 0 Å². The van der Waals surface area contributed by atoms with E-state index in [4.69, 9.17) is 0 Å². The number of nitrogens with zero attached hydrogens (tertiary/aromatic N) is 2. The van der Waals surface area contributed by atoms with E-state index < -0.39 is 6.03 Å². The number of anilines is 1. The molecule has 3 aromatic rings. The van der Waals surface area contributed by atoms with Crippen LogP contribution in [0.15, 0.2) is 44.6 Å². The number of hydrogen-bond donors (Lipinski definition) is 2. The summed E-state index contributed by atoms with van der Waals surface area (Å²) in [6.07, 6.45) is 9.61. The van der Waals surface area contributed by atoms with Gasteiger partial charge in [-0.2, -0.15) is 0 Å². The maximum atomic E-state index is 13.2. The minimum absolute atomic E-state index is 0.236. The smallest absolute Gasteiger partial charge is 0.306 e. The Hall–Kier alpha value is -2.93. The molecule has 6 nitrogen and oxygen atoms in total. The molecule has 4 bridgehead atoms. The molecule has 7 rings (SSSR count). The first-order valence-corrected chi connectivity index (χ1v) is 14.5. The summed E-state index contributed by atoms with van der Waals surface area (Å²) in [6, 6.07) is 9.87. The average Bonchev–Trinajstić information content (AvgIpc) is 3.14. The van der Waals surface area contributed by atoms with Crippen molar-refractivity contribution in [2.24, 2.45) is 22.7 Å². The van der Waals surface area contributed by atoms with Crippen LogP contribution in [0.1, 0.15) is 72.0 Å². The maximum Gasteiger partial charge on any atom is 0.345 e. The van der Waals surface area contributed by atoms with Crippen molar-refractivity contribution in [3.05, 3.63) is 78.7 Å². The standard InChI is InChI=1S/C31H35BrN4O2/c1-17-9-24(31-13-21-10-22(14-31)12-23(11-21)15-31)5-7-27(17)34-30(38)33-16-25-20(4)35-36(29(25)37)28-8-6-26(32)18(2)19(28)3/h5-9,16,21-23,35H,10-15H2,1-4H3,(H,34,38). The Kier molecular flexibility index (Phi) is 6.25. The van der Waals surface area contributed by atoms with Gasteiger partial charge in [0.25, 0.3) is 5.56 Å². The molecule has 7 heteroatoms. The van der Waals surface area contributed by atoms with Crippen molar-refractivity contribution in [2.75, 3.05) is 5.32 Å². The second-order valence-corrected chi connectivity index (χ2v) is 12.9. The number of halogens is 1. The highest BCUT2D eigenvalue weighted by Gasteiger charge is 2.51. The molecule has 4 saturated carbocycles. The van der Waals surface area contributed by atoms with E-state index in [2.05, 4.69) is 50.4 Å². The second kappa shape index (κ2) is 9.37. The summed E-state index contributed by atoms with van der Waals surface area (Å²) in [5.41, 5.74) is 7.23. The number of hydrogen-bond acceptors (Lipinski definition) is 2. The lowest BCUT2D eigenvalue weighted by atomic mass is 9.48. The van der Waals surface area contributed by atoms with E-state index in [1.54, 1.807) is 0 Å². The monoisotopic (exact) mass is 574 g/mol. The van der Waals surface area contributed by atoms with E-state index in [1.165, 1.54) is 55.0 Å². The number of aromatic nitrogens is 2. The van der Waals surface area contributed by atoms with Crippen LogP contribution in [0.4, 0.5) is 10.5 Å². The zero-order valence-corrected chi connectivity index (χ0v) is 24.1. The number of benzene rings is 2. The number of amides is 2. The van der Waals surface area contributed by atoms with Crippen LogP contribution in [-0.2, 0) is 5.41 Å². The highest BCUT2D eigenvalue weighted by Crippen LogP contribution is 2.60. The summed E-state index contributed by atoms with van der Waals surface area (Å²) in [5, 5.41) is 6.05. The zero-order chi connectivity index (χ0) is 26.8. The number of aryl methyl sites for hydroxylation is 2. The molecular formula is C31H35BrN4O2. The molecule has 1 aromatic heterocycles. The van der Waals surface area contributed by atoms with Gasteiger partial charge in [-0.25, -0.2) is 14.5 Å². The van der Waals surface area contributed by atoms with Gasteiger partial charge in [0.1, 0.15) is 0 Å². The van der Waals surface area contributed by atoms with Crippen molar-refractivity contribution >= 4 is 33.9 Å². The molecule has 0 atom stereocenters. The molecule has 4 aliphatic carbocycles. The lowest BCUT2D eigenvalue weighted by molar-refractivity contribution is -0.00520. The number of urea groups is 1. The fourth-order valence-corrected chi connectivity index (χ4v) is 8.19. The number of nitrogens with one attached hydrogen (secondary N) is 2. The Balaban J connectivity index is 1.19. The number of aromatic amines is 1. The molecule has 2 N–H and O–H groups in total. The maximum absolute atomic E-state index is 13.2. The van der Waals surface area contributed by atoms with E-state index in [1.807, 2.05) is 39.0 Å². The van der Waals surface area contributed by atoms with Gasteiger partial charge in [0, 0.05) is 22.1 Å². The lowest BCUT2D eigenvalue weighted by Crippen LogP contribution is -2.48. The van der Waals surface area contributed by atoms with Crippen molar-refractivity contribution < 1.29 is 4.79 Å². The molecule has 38 heavy (non-hydrogen) atoms. The van der Waals surface area contributed by atoms with Crippen LogP contribution in [0.2, 0.25) is 0 Å². The highest BCUT2D eigenvalue weighted by atomic mass is 79.9. The minimum Gasteiger partial charge on any atom is -0.306 e.